The van der Waals surface area contributed by atoms with Gasteiger partial charge < -0.3 is 4.57 Å². The normalized spacial score (nSPS) is 11.6. The van der Waals surface area contributed by atoms with Crippen molar-refractivity contribution in [3.63, 3.8) is 0 Å². The van der Waals surface area contributed by atoms with Gasteiger partial charge in [0.15, 0.2) is 4.34 Å². The van der Waals surface area contributed by atoms with Crippen molar-refractivity contribution < 1.29 is 4.79 Å². The summed E-state index contributed by atoms with van der Waals surface area (Å²) >= 11 is 3.02. The number of para-hydroxylation sites is 2. The molecule has 5 nitrogen and oxygen atoms in total. The second kappa shape index (κ2) is 7.54. The third-order valence-corrected chi connectivity index (χ3v) is 6.61. The first kappa shape index (κ1) is 17.8. The second-order valence-electron chi connectivity index (χ2n) is 6.10. The molecule has 0 bridgehead atoms. The van der Waals surface area contributed by atoms with Gasteiger partial charge in [-0.2, -0.15) is 5.10 Å². The summed E-state index contributed by atoms with van der Waals surface area (Å²) in [4.78, 5) is 16.6. The lowest BCUT2D eigenvalue weighted by Crippen LogP contribution is -2.19. The summed E-state index contributed by atoms with van der Waals surface area (Å²) in [5.74, 6) is 0.138. The molecular formula is C20H18N4OS2. The molecule has 0 unspecified atom stereocenters. The van der Waals surface area contributed by atoms with E-state index in [0.717, 1.165) is 36.7 Å². The minimum atomic E-state index is -0.145. The van der Waals surface area contributed by atoms with Crippen LogP contribution in [0.15, 0.2) is 58.0 Å². The molecule has 2 aromatic carbocycles. The highest BCUT2D eigenvalue weighted by atomic mass is 32.2. The Labute approximate surface area is 165 Å². The maximum Gasteiger partial charge on any atom is 0.250 e. The highest BCUT2D eigenvalue weighted by molar-refractivity contribution is 8.01. The maximum atomic E-state index is 12.1. The summed E-state index contributed by atoms with van der Waals surface area (Å²) in [5.41, 5.74) is 6.86. The summed E-state index contributed by atoms with van der Waals surface area (Å²) in [6.45, 7) is 2.05. The average molecular weight is 395 g/mol. The number of aryl methyl sites for hydroxylation is 1. The summed E-state index contributed by atoms with van der Waals surface area (Å²) in [6, 6.07) is 16.1. The number of aromatic nitrogens is 2. The quantitative estimate of drug-likeness (QED) is 0.311. The summed E-state index contributed by atoms with van der Waals surface area (Å²) in [6.07, 6.45) is 1.72. The molecule has 0 saturated carbocycles. The van der Waals surface area contributed by atoms with Gasteiger partial charge in [0, 0.05) is 29.2 Å². The number of fused-ring (bicyclic) bond motifs is 2. The first-order chi connectivity index (χ1) is 13.1. The number of rotatable bonds is 5. The van der Waals surface area contributed by atoms with Crippen molar-refractivity contribution in [2.45, 2.75) is 11.3 Å². The molecule has 136 valence electrons. The number of carbonyl (C=O) groups is 1. The molecule has 27 heavy (non-hydrogen) atoms. The van der Waals surface area contributed by atoms with Crippen molar-refractivity contribution in [2.24, 2.45) is 12.1 Å². The number of hydrogen-bond acceptors (Lipinski definition) is 5. The van der Waals surface area contributed by atoms with Gasteiger partial charge in [-0.25, -0.2) is 10.4 Å². The number of amides is 1. The van der Waals surface area contributed by atoms with Crippen molar-refractivity contribution in [1.29, 1.82) is 0 Å². The highest BCUT2D eigenvalue weighted by Gasteiger charge is 2.10. The summed E-state index contributed by atoms with van der Waals surface area (Å²) < 4.78 is 4.15. The molecule has 0 aliphatic carbocycles. The molecule has 2 aromatic heterocycles. The van der Waals surface area contributed by atoms with Crippen molar-refractivity contribution in [3.8, 4) is 0 Å². The van der Waals surface area contributed by atoms with Gasteiger partial charge in [-0.1, -0.05) is 42.1 Å². The molecule has 0 saturated heterocycles. The summed E-state index contributed by atoms with van der Waals surface area (Å²) in [5, 5.41) is 5.28. The molecular weight excluding hydrogens is 376 g/mol. The van der Waals surface area contributed by atoms with E-state index in [1.807, 2.05) is 50.4 Å². The number of thiazole rings is 1. The number of thioether (sulfide) groups is 1. The van der Waals surface area contributed by atoms with E-state index in [0.29, 0.717) is 0 Å². The molecule has 2 heterocycles. The van der Waals surface area contributed by atoms with Gasteiger partial charge in [0.25, 0.3) is 5.91 Å². The lowest BCUT2D eigenvalue weighted by atomic mass is 10.1. The molecule has 4 rings (SSSR count). The first-order valence-corrected chi connectivity index (χ1v) is 10.3. The van der Waals surface area contributed by atoms with Gasteiger partial charge in [-0.15, -0.1) is 11.3 Å². The molecule has 0 radical (unpaired) electrons. The summed E-state index contributed by atoms with van der Waals surface area (Å²) in [7, 11) is 2.03. The lowest BCUT2D eigenvalue weighted by molar-refractivity contribution is -0.118. The minimum absolute atomic E-state index is 0.145. The van der Waals surface area contributed by atoms with Crippen LogP contribution in [0.5, 0.6) is 0 Å². The number of nitrogens with one attached hydrogen (secondary N) is 1. The molecule has 0 aliphatic heterocycles. The Morgan fingerprint density at radius 1 is 1.26 bits per heavy atom. The van der Waals surface area contributed by atoms with E-state index >= 15 is 0 Å². The van der Waals surface area contributed by atoms with E-state index < -0.39 is 0 Å². The van der Waals surface area contributed by atoms with E-state index in [1.54, 1.807) is 17.6 Å². The Bertz CT molecular complexity index is 1130. The van der Waals surface area contributed by atoms with Gasteiger partial charge in [0.2, 0.25) is 0 Å². The van der Waals surface area contributed by atoms with Gasteiger partial charge in [0.05, 0.1) is 22.2 Å². The Hall–Kier alpha value is -2.64. The number of nitrogens with zero attached hydrogens (tertiary/aromatic N) is 3. The molecule has 0 fully saturated rings. The number of benzene rings is 2. The Kier molecular flexibility index (Phi) is 4.96. The molecule has 0 spiro atoms. The van der Waals surface area contributed by atoms with Gasteiger partial charge in [0.1, 0.15) is 0 Å². The first-order valence-electron chi connectivity index (χ1n) is 8.48. The number of carbonyl (C=O) groups excluding carboxylic acids is 1. The van der Waals surface area contributed by atoms with Crippen LogP contribution in [0.3, 0.4) is 0 Å². The van der Waals surface area contributed by atoms with Gasteiger partial charge in [-0.05, 0) is 25.1 Å². The predicted molar refractivity (Wildman–Crippen MR) is 114 cm³/mol. The predicted octanol–water partition coefficient (Wildman–Crippen LogP) is 4.34. The highest BCUT2D eigenvalue weighted by Crippen LogP contribution is 2.29. The van der Waals surface area contributed by atoms with Crippen LogP contribution in [0.25, 0.3) is 21.1 Å². The zero-order chi connectivity index (χ0) is 18.8. The lowest BCUT2D eigenvalue weighted by Gasteiger charge is -1.99. The fourth-order valence-corrected chi connectivity index (χ4v) is 4.82. The zero-order valence-electron chi connectivity index (χ0n) is 15.0. The Balaban J connectivity index is 1.40. The van der Waals surface area contributed by atoms with Crippen LogP contribution in [0, 0.1) is 6.92 Å². The van der Waals surface area contributed by atoms with Crippen LogP contribution in [-0.4, -0.2) is 27.4 Å². The van der Waals surface area contributed by atoms with Gasteiger partial charge >= 0.3 is 0 Å². The van der Waals surface area contributed by atoms with Crippen molar-refractivity contribution in [1.82, 2.24) is 15.0 Å². The number of hydrogen-bond donors (Lipinski definition) is 1. The van der Waals surface area contributed by atoms with Crippen LogP contribution in [0.4, 0.5) is 0 Å². The van der Waals surface area contributed by atoms with Gasteiger partial charge in [-0.3, -0.25) is 4.79 Å². The maximum absolute atomic E-state index is 12.1. The molecule has 1 amide bonds. The Morgan fingerprint density at radius 3 is 2.89 bits per heavy atom. The fraction of sp³-hybridized carbons (Fsp3) is 0.150. The SMILES string of the molecule is Cc1c(C=NNC(=O)CSc2nc3ccccc3s2)c2ccccc2n1C. The topological polar surface area (TPSA) is 59.3 Å². The zero-order valence-corrected chi connectivity index (χ0v) is 16.6. The molecule has 0 atom stereocenters. The standard InChI is InChI=1S/C20H18N4OS2/c1-13-15(14-7-3-5-9-17(14)24(13)2)11-21-23-19(25)12-26-20-22-16-8-4-6-10-18(16)27-20/h3-11H,12H2,1-2H3,(H,23,25). The third kappa shape index (κ3) is 3.61. The smallest absolute Gasteiger partial charge is 0.250 e. The van der Waals surface area contributed by atoms with Crippen LogP contribution >= 0.6 is 23.1 Å². The monoisotopic (exact) mass is 394 g/mol. The average Bonchev–Trinajstić information content (AvgIpc) is 3.21. The second-order valence-corrected chi connectivity index (χ2v) is 8.36. The molecule has 4 aromatic rings. The number of hydrazone groups is 1. The van der Waals surface area contributed by atoms with E-state index in [1.165, 1.54) is 11.8 Å². The van der Waals surface area contributed by atoms with Crippen molar-refractivity contribution in [3.05, 3.63) is 59.8 Å². The van der Waals surface area contributed by atoms with Crippen LogP contribution in [0.2, 0.25) is 0 Å². The van der Waals surface area contributed by atoms with E-state index in [-0.39, 0.29) is 11.7 Å². The van der Waals surface area contributed by atoms with E-state index in [2.05, 4.69) is 32.2 Å². The van der Waals surface area contributed by atoms with E-state index in [4.69, 9.17) is 0 Å². The largest absolute Gasteiger partial charge is 0.347 e. The van der Waals surface area contributed by atoms with Crippen molar-refractivity contribution >= 4 is 56.3 Å². The molecule has 0 aliphatic rings. The van der Waals surface area contributed by atoms with Crippen LogP contribution in [-0.2, 0) is 11.8 Å². The van der Waals surface area contributed by atoms with Crippen molar-refractivity contribution in [2.75, 3.05) is 5.75 Å². The fourth-order valence-electron chi connectivity index (χ4n) is 2.95. The third-order valence-electron chi connectivity index (χ3n) is 4.43. The van der Waals surface area contributed by atoms with Crippen LogP contribution < -0.4 is 5.43 Å². The van der Waals surface area contributed by atoms with Crippen LogP contribution in [0.1, 0.15) is 11.3 Å². The Morgan fingerprint density at radius 2 is 2.04 bits per heavy atom. The molecule has 1 N–H and O–H groups in total. The van der Waals surface area contributed by atoms with E-state index in [9.17, 15) is 4.79 Å². The molecule has 7 heteroatoms. The minimum Gasteiger partial charge on any atom is -0.347 e.